The van der Waals surface area contributed by atoms with E-state index in [1.54, 1.807) is 92.7 Å². The van der Waals surface area contributed by atoms with E-state index in [-0.39, 0.29) is 35.3 Å². The second-order valence-corrected chi connectivity index (χ2v) is 17.4. The van der Waals surface area contributed by atoms with Crippen molar-refractivity contribution in [2.45, 2.75) is 103 Å². The Kier molecular flexibility index (Phi) is 11.5. The first-order valence-corrected chi connectivity index (χ1v) is 20.3. The van der Waals surface area contributed by atoms with Gasteiger partial charge in [-0.1, -0.05) is 80.6 Å². The van der Waals surface area contributed by atoms with E-state index in [1.807, 2.05) is 0 Å². The lowest BCUT2D eigenvalue weighted by atomic mass is 9.41. The van der Waals surface area contributed by atoms with Crippen LogP contribution in [0.5, 0.6) is 0 Å². The molecule has 14 heteroatoms. The molecule has 4 N–H and O–H groups in total. The number of rotatable bonds is 10. The number of Topliss-reactive ketones (excluding diaryl/α,β-unsaturated/α-hetero) is 2. The number of carbonyl (C=O) groups is 6. The summed E-state index contributed by atoms with van der Waals surface area (Å²) in [6.07, 6.45) is -10.2. The molecule has 2 saturated carbocycles. The number of ketones is 2. The highest BCUT2D eigenvalue weighted by Gasteiger charge is 2.78. The summed E-state index contributed by atoms with van der Waals surface area (Å²) in [6.45, 7) is 8.29. The largest absolute Gasteiger partial charge is 0.456 e. The summed E-state index contributed by atoms with van der Waals surface area (Å²) in [4.78, 5) is 84.4. The summed E-state index contributed by atoms with van der Waals surface area (Å²) >= 11 is 0. The van der Waals surface area contributed by atoms with Gasteiger partial charge in [0.05, 0.1) is 41.3 Å². The summed E-state index contributed by atoms with van der Waals surface area (Å²) in [5.41, 5.74) is -6.65. The number of carbonyl (C=O) groups excluding carboxylic acids is 6. The highest BCUT2D eigenvalue weighted by atomic mass is 16.6. The fraction of sp³-hybridized carbons (Fsp3) is 0.447. The molecule has 3 aromatic carbocycles. The van der Waals surface area contributed by atoms with Gasteiger partial charge in [-0.3, -0.25) is 19.2 Å². The Morgan fingerprint density at radius 3 is 1.95 bits per heavy atom. The fourth-order valence-corrected chi connectivity index (χ4v) is 10.4. The number of aliphatic hydroxyl groups is 3. The molecule has 322 valence electrons. The topological polar surface area (TPSA) is 212 Å². The molecule has 7 rings (SSSR count). The minimum atomic E-state index is -2.35. The quantitative estimate of drug-likeness (QED) is 0.129. The molecule has 2 bridgehead atoms. The zero-order valence-corrected chi connectivity index (χ0v) is 34.8. The number of hydrogen-bond donors (Lipinski definition) is 4. The normalized spacial score (nSPS) is 32.2. The van der Waals surface area contributed by atoms with Crippen LogP contribution in [0, 0.1) is 22.2 Å². The number of fused-ring (bicyclic) bond motifs is 5. The van der Waals surface area contributed by atoms with Crippen LogP contribution in [0.25, 0.3) is 0 Å². The van der Waals surface area contributed by atoms with Gasteiger partial charge in [0.15, 0.2) is 18.0 Å². The minimum Gasteiger partial charge on any atom is -0.456 e. The predicted octanol–water partition coefficient (Wildman–Crippen LogP) is 4.01. The van der Waals surface area contributed by atoms with Crippen LogP contribution >= 0.6 is 0 Å². The molecule has 1 saturated heterocycles. The van der Waals surface area contributed by atoms with E-state index in [9.17, 15) is 39.3 Å². The molecule has 4 aliphatic rings. The number of esters is 3. The third-order valence-corrected chi connectivity index (χ3v) is 13.9. The molecule has 3 aliphatic carbocycles. The number of ether oxygens (including phenoxy) is 4. The van der Waals surface area contributed by atoms with Crippen molar-refractivity contribution < 1.29 is 63.0 Å². The van der Waals surface area contributed by atoms with Crippen molar-refractivity contribution in [1.29, 1.82) is 0 Å². The first-order chi connectivity index (χ1) is 28.8. The number of aliphatic hydroxyl groups excluding tert-OH is 2. The SMILES string of the molecule is CC(=O)O[C@H]1C(=O)[C@@]2(C)C(C(OC(=O)c3ccccc3)[C@]3(O)C[C@H](OC(=O)[C@@H](O)[C@H](NC(=O)c4ccccc4)c4ccccc4)C(C)=C1C3(C)C)[C@]1(C(C)=O)CO[C@@H]1C[C@@H]2O. The van der Waals surface area contributed by atoms with Gasteiger partial charge in [0, 0.05) is 36.7 Å². The van der Waals surface area contributed by atoms with Crippen molar-refractivity contribution in [2.75, 3.05) is 6.61 Å². The Labute approximate surface area is 353 Å². The minimum absolute atomic E-state index is 0.0159. The summed E-state index contributed by atoms with van der Waals surface area (Å²) in [7, 11) is 0. The molecule has 1 heterocycles. The second kappa shape index (κ2) is 16.1. The van der Waals surface area contributed by atoms with Crippen molar-refractivity contribution in [3.05, 3.63) is 119 Å². The first kappa shape index (κ1) is 43.5. The number of hydrogen-bond acceptors (Lipinski definition) is 13. The Balaban J connectivity index is 1.38. The van der Waals surface area contributed by atoms with Gasteiger partial charge >= 0.3 is 17.9 Å². The van der Waals surface area contributed by atoms with Crippen molar-refractivity contribution in [1.82, 2.24) is 5.32 Å². The Bertz CT molecular complexity index is 2260. The Morgan fingerprint density at radius 2 is 1.41 bits per heavy atom. The molecule has 0 radical (unpaired) electrons. The predicted molar refractivity (Wildman–Crippen MR) is 216 cm³/mol. The van der Waals surface area contributed by atoms with Crippen molar-refractivity contribution in [3.63, 3.8) is 0 Å². The van der Waals surface area contributed by atoms with E-state index >= 15 is 4.79 Å². The Hall–Kier alpha value is -5.54. The summed E-state index contributed by atoms with van der Waals surface area (Å²) in [5.74, 6) is -6.33. The van der Waals surface area contributed by atoms with Gasteiger partial charge in [0.2, 0.25) is 0 Å². The Morgan fingerprint density at radius 1 is 0.836 bits per heavy atom. The average molecular weight is 838 g/mol. The molecule has 3 aromatic rings. The van der Waals surface area contributed by atoms with Crippen molar-refractivity contribution in [2.24, 2.45) is 22.2 Å². The van der Waals surface area contributed by atoms with E-state index in [2.05, 4.69) is 5.32 Å². The monoisotopic (exact) mass is 837 g/mol. The molecule has 0 spiro atoms. The third-order valence-electron chi connectivity index (χ3n) is 13.9. The average Bonchev–Trinajstić information content (AvgIpc) is 3.23. The van der Waals surface area contributed by atoms with Gasteiger partial charge in [-0.25, -0.2) is 9.59 Å². The lowest BCUT2D eigenvalue weighted by Gasteiger charge is -2.67. The summed E-state index contributed by atoms with van der Waals surface area (Å²) < 4.78 is 24.2. The van der Waals surface area contributed by atoms with Crippen LogP contribution in [0.2, 0.25) is 0 Å². The molecular weight excluding hydrogens is 787 g/mol. The molecular formula is C47H51NO13. The standard InChI is InChI=1S/C47H51NO13/c1-25-31(60-43(56)36(52)35(28-16-10-7-11-17-28)48-41(54)29-18-12-8-13-19-29)23-47(57)40(61-42(55)30-20-14-9-15-21-30)38-45(6,32(51)22-33-46(38,24-58-33)26(2)49)39(53)37(59-27(3)50)34(25)44(47,4)5/h7-21,31-33,35-38,40,51-52,57H,22-24H2,1-6H3,(H,48,54)/t31-,32-,33+,35+,36-,37+,38?,40?,45+,46-,47+/m0/s1. The highest BCUT2D eigenvalue weighted by Crippen LogP contribution is 2.66. The maximum absolute atomic E-state index is 15.4. The smallest absolute Gasteiger partial charge is 0.338 e. The van der Waals surface area contributed by atoms with Crippen molar-refractivity contribution >= 4 is 35.4 Å². The molecule has 1 amide bonds. The number of nitrogens with one attached hydrogen (secondary N) is 1. The van der Waals surface area contributed by atoms with E-state index in [0.717, 1.165) is 6.92 Å². The van der Waals surface area contributed by atoms with E-state index in [0.29, 0.717) is 5.56 Å². The maximum atomic E-state index is 15.4. The molecule has 2 unspecified atom stereocenters. The fourth-order valence-electron chi connectivity index (χ4n) is 10.4. The van der Waals surface area contributed by atoms with Crippen LogP contribution in [0.3, 0.4) is 0 Å². The van der Waals surface area contributed by atoms with Gasteiger partial charge in [0.1, 0.15) is 23.6 Å². The van der Waals surface area contributed by atoms with Gasteiger partial charge in [-0.2, -0.15) is 0 Å². The van der Waals surface area contributed by atoms with Crippen LogP contribution in [-0.2, 0) is 38.1 Å². The maximum Gasteiger partial charge on any atom is 0.338 e. The van der Waals surface area contributed by atoms with Gasteiger partial charge in [-0.05, 0) is 61.7 Å². The molecule has 61 heavy (non-hydrogen) atoms. The zero-order valence-electron chi connectivity index (χ0n) is 34.8. The van der Waals surface area contributed by atoms with E-state index in [4.69, 9.17) is 18.9 Å². The molecule has 3 fully saturated rings. The van der Waals surface area contributed by atoms with Gasteiger partial charge < -0.3 is 39.6 Å². The van der Waals surface area contributed by atoms with Crippen LogP contribution in [0.4, 0.5) is 0 Å². The molecule has 11 atom stereocenters. The zero-order chi connectivity index (χ0) is 44.2. The lowest BCUT2D eigenvalue weighted by Crippen LogP contribution is -2.79. The first-order valence-electron chi connectivity index (χ1n) is 20.3. The summed E-state index contributed by atoms with van der Waals surface area (Å²) in [5, 5.41) is 40.2. The highest BCUT2D eigenvalue weighted by molar-refractivity contribution is 5.97. The van der Waals surface area contributed by atoms with E-state index in [1.165, 1.54) is 32.9 Å². The second-order valence-electron chi connectivity index (χ2n) is 17.4. The van der Waals surface area contributed by atoms with Gasteiger partial charge in [-0.15, -0.1) is 0 Å². The van der Waals surface area contributed by atoms with Crippen LogP contribution < -0.4 is 5.32 Å². The number of benzene rings is 3. The van der Waals surface area contributed by atoms with Gasteiger partial charge in [0.25, 0.3) is 5.91 Å². The third kappa shape index (κ3) is 6.99. The van der Waals surface area contributed by atoms with Crippen LogP contribution in [0.1, 0.15) is 86.7 Å². The van der Waals surface area contributed by atoms with Crippen molar-refractivity contribution in [3.8, 4) is 0 Å². The van der Waals surface area contributed by atoms with Crippen LogP contribution in [-0.4, -0.2) is 99.5 Å². The number of amides is 1. The molecule has 1 aliphatic heterocycles. The van der Waals surface area contributed by atoms with E-state index < -0.39 is 112 Å². The molecule has 14 nitrogen and oxygen atoms in total. The lowest BCUT2D eigenvalue weighted by molar-refractivity contribution is -0.306. The van der Waals surface area contributed by atoms with Crippen LogP contribution in [0.15, 0.2) is 102 Å². The molecule has 0 aromatic heterocycles. The summed E-state index contributed by atoms with van der Waals surface area (Å²) in [6, 6.07) is 23.1.